The Morgan fingerprint density at radius 2 is 2.25 bits per heavy atom. The van der Waals surface area contributed by atoms with Gasteiger partial charge in [-0.15, -0.1) is 0 Å². The summed E-state index contributed by atoms with van der Waals surface area (Å²) in [6.45, 7) is 7.48. The lowest BCUT2D eigenvalue weighted by atomic mass is 10.0. The number of rotatable bonds is 4. The molecule has 0 aromatic heterocycles. The number of hydrogen-bond acceptors (Lipinski definition) is 3. The quantitative estimate of drug-likeness (QED) is 0.921. The predicted molar refractivity (Wildman–Crippen MR) is 80.6 cm³/mol. The summed E-state index contributed by atoms with van der Waals surface area (Å²) in [6.07, 6.45) is 1.76. The Kier molecular flexibility index (Phi) is 5.00. The molecular formula is C16H25FN2O. The molecule has 1 aromatic carbocycles. The van der Waals surface area contributed by atoms with Gasteiger partial charge in [-0.25, -0.2) is 4.39 Å². The highest BCUT2D eigenvalue weighted by Crippen LogP contribution is 2.30. The number of benzene rings is 1. The number of nitrogens with two attached hydrogens (primary N) is 1. The summed E-state index contributed by atoms with van der Waals surface area (Å²) in [5.41, 5.74) is 7.61. The van der Waals surface area contributed by atoms with Crippen LogP contribution in [0.15, 0.2) is 18.2 Å². The van der Waals surface area contributed by atoms with Gasteiger partial charge in [0.05, 0.1) is 24.4 Å². The molecule has 1 fully saturated rings. The molecule has 112 valence electrons. The number of anilines is 1. The zero-order chi connectivity index (χ0) is 14.7. The Labute approximate surface area is 120 Å². The zero-order valence-electron chi connectivity index (χ0n) is 12.6. The molecule has 1 aliphatic heterocycles. The number of halogens is 1. The molecule has 3 unspecified atom stereocenters. The van der Waals surface area contributed by atoms with Crippen molar-refractivity contribution in [1.29, 1.82) is 0 Å². The van der Waals surface area contributed by atoms with Crippen molar-refractivity contribution in [3.05, 3.63) is 29.6 Å². The van der Waals surface area contributed by atoms with Crippen LogP contribution in [0, 0.1) is 5.82 Å². The number of hydrogen-bond donors (Lipinski definition) is 1. The normalized spacial score (nSPS) is 24.8. The van der Waals surface area contributed by atoms with Gasteiger partial charge in [-0.2, -0.15) is 0 Å². The van der Waals surface area contributed by atoms with Gasteiger partial charge in [0.25, 0.3) is 0 Å². The van der Waals surface area contributed by atoms with Crippen molar-refractivity contribution in [1.82, 2.24) is 0 Å². The van der Waals surface area contributed by atoms with Gasteiger partial charge in [0.15, 0.2) is 0 Å². The topological polar surface area (TPSA) is 38.5 Å². The number of ether oxygens (including phenoxy) is 1. The van der Waals surface area contributed by atoms with Crippen LogP contribution in [0.25, 0.3) is 0 Å². The van der Waals surface area contributed by atoms with Crippen LogP contribution in [0.3, 0.4) is 0 Å². The van der Waals surface area contributed by atoms with E-state index in [1.165, 1.54) is 6.07 Å². The van der Waals surface area contributed by atoms with E-state index in [1.807, 2.05) is 19.9 Å². The molecule has 2 N–H and O–H groups in total. The van der Waals surface area contributed by atoms with Crippen LogP contribution in [-0.2, 0) is 11.2 Å². The lowest BCUT2D eigenvalue weighted by molar-refractivity contribution is 0.0296. The van der Waals surface area contributed by atoms with Gasteiger partial charge in [-0.3, -0.25) is 0 Å². The van der Waals surface area contributed by atoms with Crippen LogP contribution in [0.1, 0.15) is 32.8 Å². The van der Waals surface area contributed by atoms with E-state index in [2.05, 4.69) is 11.8 Å². The molecule has 2 rings (SSSR count). The molecule has 1 aromatic rings. The maximum Gasteiger partial charge on any atom is 0.146 e. The van der Waals surface area contributed by atoms with Crippen molar-refractivity contribution in [2.24, 2.45) is 5.73 Å². The minimum atomic E-state index is -0.157. The van der Waals surface area contributed by atoms with Gasteiger partial charge in [0, 0.05) is 12.6 Å². The van der Waals surface area contributed by atoms with Crippen LogP contribution in [0.4, 0.5) is 10.1 Å². The van der Waals surface area contributed by atoms with E-state index in [4.69, 9.17) is 10.5 Å². The molecule has 3 atom stereocenters. The number of nitrogens with zero attached hydrogens (tertiary/aromatic N) is 1. The minimum absolute atomic E-state index is 0.0223. The standard InChI is InChI=1S/C16H25FN2O/c1-4-14-10-20-12(3)9-19(14)16-13(8-11(2)18)6-5-7-15(16)17/h5-7,11-12,14H,4,8-10,18H2,1-3H3. The average Bonchev–Trinajstić information content (AvgIpc) is 2.38. The van der Waals surface area contributed by atoms with Crippen molar-refractivity contribution in [3.8, 4) is 0 Å². The fraction of sp³-hybridized carbons (Fsp3) is 0.625. The van der Waals surface area contributed by atoms with Gasteiger partial charge >= 0.3 is 0 Å². The van der Waals surface area contributed by atoms with E-state index in [9.17, 15) is 4.39 Å². The zero-order valence-corrected chi connectivity index (χ0v) is 12.6. The van der Waals surface area contributed by atoms with E-state index in [0.29, 0.717) is 18.7 Å². The summed E-state index contributed by atoms with van der Waals surface area (Å²) in [6, 6.07) is 5.53. The summed E-state index contributed by atoms with van der Waals surface area (Å²) in [7, 11) is 0. The lowest BCUT2D eigenvalue weighted by Gasteiger charge is -2.41. The van der Waals surface area contributed by atoms with Crippen molar-refractivity contribution >= 4 is 5.69 Å². The Morgan fingerprint density at radius 3 is 2.90 bits per heavy atom. The largest absolute Gasteiger partial charge is 0.375 e. The molecule has 4 heteroatoms. The molecule has 1 heterocycles. The Bertz CT molecular complexity index is 450. The molecule has 1 aliphatic rings. The molecule has 3 nitrogen and oxygen atoms in total. The smallest absolute Gasteiger partial charge is 0.146 e. The highest BCUT2D eigenvalue weighted by molar-refractivity contribution is 5.56. The van der Waals surface area contributed by atoms with E-state index in [1.54, 1.807) is 6.07 Å². The van der Waals surface area contributed by atoms with Gasteiger partial charge in [0.1, 0.15) is 5.82 Å². The van der Waals surface area contributed by atoms with Gasteiger partial charge < -0.3 is 15.4 Å². The van der Waals surface area contributed by atoms with Gasteiger partial charge in [-0.05, 0) is 38.3 Å². The highest BCUT2D eigenvalue weighted by atomic mass is 19.1. The van der Waals surface area contributed by atoms with Crippen molar-refractivity contribution < 1.29 is 9.13 Å². The van der Waals surface area contributed by atoms with Crippen LogP contribution < -0.4 is 10.6 Å². The second kappa shape index (κ2) is 6.55. The first kappa shape index (κ1) is 15.3. The maximum absolute atomic E-state index is 14.4. The third-order valence-corrected chi connectivity index (χ3v) is 3.84. The SMILES string of the molecule is CCC1COC(C)CN1c1c(F)cccc1CC(C)N. The van der Waals surface area contributed by atoms with E-state index in [0.717, 1.165) is 18.5 Å². The lowest BCUT2D eigenvalue weighted by Crippen LogP contribution is -2.49. The third kappa shape index (κ3) is 3.30. The van der Waals surface area contributed by atoms with Crippen LogP contribution >= 0.6 is 0 Å². The molecule has 0 aliphatic carbocycles. The van der Waals surface area contributed by atoms with Crippen molar-refractivity contribution in [3.63, 3.8) is 0 Å². The first-order valence-corrected chi connectivity index (χ1v) is 7.44. The second-order valence-electron chi connectivity index (χ2n) is 5.79. The average molecular weight is 280 g/mol. The first-order chi connectivity index (χ1) is 9.52. The monoisotopic (exact) mass is 280 g/mol. The van der Waals surface area contributed by atoms with Crippen molar-refractivity contribution in [2.75, 3.05) is 18.1 Å². The summed E-state index contributed by atoms with van der Waals surface area (Å²) in [4.78, 5) is 2.17. The fourth-order valence-electron chi connectivity index (χ4n) is 2.85. The summed E-state index contributed by atoms with van der Waals surface area (Å²) in [5, 5.41) is 0. The number of para-hydroxylation sites is 1. The highest BCUT2D eigenvalue weighted by Gasteiger charge is 2.29. The molecule has 0 spiro atoms. The molecule has 0 saturated carbocycles. The number of morpholine rings is 1. The van der Waals surface area contributed by atoms with E-state index < -0.39 is 0 Å². The Balaban J connectivity index is 2.37. The molecule has 0 amide bonds. The van der Waals surface area contributed by atoms with E-state index in [-0.39, 0.29) is 24.0 Å². The van der Waals surface area contributed by atoms with Gasteiger partial charge in [-0.1, -0.05) is 19.1 Å². The molecule has 20 heavy (non-hydrogen) atoms. The van der Waals surface area contributed by atoms with Crippen molar-refractivity contribution in [2.45, 2.75) is 51.8 Å². The minimum Gasteiger partial charge on any atom is -0.375 e. The predicted octanol–water partition coefficient (Wildman–Crippen LogP) is 2.72. The molecule has 0 bridgehead atoms. The summed E-state index contributed by atoms with van der Waals surface area (Å²) >= 11 is 0. The van der Waals surface area contributed by atoms with E-state index >= 15 is 0 Å². The van der Waals surface area contributed by atoms with Crippen LogP contribution in [0.2, 0.25) is 0 Å². The summed E-state index contributed by atoms with van der Waals surface area (Å²) < 4.78 is 20.1. The van der Waals surface area contributed by atoms with Crippen LogP contribution in [-0.4, -0.2) is 31.3 Å². The fourth-order valence-corrected chi connectivity index (χ4v) is 2.85. The maximum atomic E-state index is 14.4. The second-order valence-corrected chi connectivity index (χ2v) is 5.79. The molecular weight excluding hydrogens is 255 g/mol. The van der Waals surface area contributed by atoms with Crippen LogP contribution in [0.5, 0.6) is 0 Å². The molecule has 1 saturated heterocycles. The Morgan fingerprint density at radius 1 is 1.50 bits per heavy atom. The molecule has 0 radical (unpaired) electrons. The van der Waals surface area contributed by atoms with Gasteiger partial charge in [0.2, 0.25) is 0 Å². The third-order valence-electron chi connectivity index (χ3n) is 3.84. The first-order valence-electron chi connectivity index (χ1n) is 7.44. The Hall–Kier alpha value is -1.13. The summed E-state index contributed by atoms with van der Waals surface area (Å²) in [5.74, 6) is -0.157.